The minimum atomic E-state index is -0.467. The molecule has 0 aromatic heterocycles. The van der Waals surface area contributed by atoms with Crippen LogP contribution in [-0.2, 0) is 13.1 Å². The Morgan fingerprint density at radius 1 is 1.12 bits per heavy atom. The van der Waals surface area contributed by atoms with Gasteiger partial charge < -0.3 is 5.32 Å². The first-order valence-corrected chi connectivity index (χ1v) is 8.86. The van der Waals surface area contributed by atoms with Gasteiger partial charge in [0.05, 0.1) is 4.92 Å². The third-order valence-electron chi connectivity index (χ3n) is 4.75. The van der Waals surface area contributed by atoms with E-state index in [4.69, 9.17) is 0 Å². The first kappa shape index (κ1) is 18.1. The van der Waals surface area contributed by atoms with Crippen LogP contribution in [0.3, 0.4) is 0 Å². The fraction of sp³-hybridized carbons (Fsp3) is 0.350. The lowest BCUT2D eigenvalue weighted by molar-refractivity contribution is -0.385. The van der Waals surface area contributed by atoms with Crippen molar-refractivity contribution in [1.29, 1.82) is 0 Å². The van der Waals surface area contributed by atoms with Gasteiger partial charge in [-0.2, -0.15) is 0 Å². The van der Waals surface area contributed by atoms with Crippen LogP contribution in [0.25, 0.3) is 0 Å². The van der Waals surface area contributed by atoms with Crippen molar-refractivity contribution in [2.75, 3.05) is 13.1 Å². The van der Waals surface area contributed by atoms with E-state index in [1.165, 1.54) is 37.6 Å². The maximum atomic E-state index is 12.3. The Bertz CT molecular complexity index is 796. The zero-order valence-corrected chi connectivity index (χ0v) is 14.9. The number of benzene rings is 2. The molecule has 136 valence electrons. The quantitative estimate of drug-likeness (QED) is 0.638. The topological polar surface area (TPSA) is 75.5 Å². The van der Waals surface area contributed by atoms with E-state index in [-0.39, 0.29) is 11.6 Å². The first-order valence-electron chi connectivity index (χ1n) is 8.86. The number of nitro groups is 1. The number of nitrogens with one attached hydrogen (secondary N) is 1. The summed E-state index contributed by atoms with van der Waals surface area (Å²) in [4.78, 5) is 25.2. The summed E-state index contributed by atoms with van der Waals surface area (Å²) in [5.74, 6) is -0.311. The highest BCUT2D eigenvalue weighted by molar-refractivity contribution is 5.94. The van der Waals surface area contributed by atoms with Gasteiger partial charge in [-0.1, -0.05) is 30.3 Å². The van der Waals surface area contributed by atoms with E-state index in [9.17, 15) is 14.9 Å². The second-order valence-electron chi connectivity index (χ2n) is 6.74. The van der Waals surface area contributed by atoms with E-state index in [0.717, 1.165) is 12.1 Å². The number of hydrogen-bond donors (Lipinski definition) is 1. The molecule has 2 aromatic rings. The van der Waals surface area contributed by atoms with Crippen LogP contribution in [0.1, 0.15) is 39.9 Å². The minimum Gasteiger partial charge on any atom is -0.348 e. The fourth-order valence-electron chi connectivity index (χ4n) is 3.19. The van der Waals surface area contributed by atoms with E-state index in [1.54, 1.807) is 19.1 Å². The summed E-state index contributed by atoms with van der Waals surface area (Å²) in [5, 5.41) is 13.8. The van der Waals surface area contributed by atoms with Gasteiger partial charge >= 0.3 is 0 Å². The van der Waals surface area contributed by atoms with Gasteiger partial charge in [0.15, 0.2) is 0 Å². The van der Waals surface area contributed by atoms with Gasteiger partial charge in [0.25, 0.3) is 11.6 Å². The molecule has 1 fully saturated rings. The molecule has 1 amide bonds. The average molecular weight is 353 g/mol. The summed E-state index contributed by atoms with van der Waals surface area (Å²) >= 11 is 0. The van der Waals surface area contributed by atoms with E-state index < -0.39 is 4.92 Å². The predicted molar refractivity (Wildman–Crippen MR) is 100.0 cm³/mol. The molecule has 6 heteroatoms. The maximum Gasteiger partial charge on any atom is 0.273 e. The van der Waals surface area contributed by atoms with Crippen molar-refractivity contribution >= 4 is 11.6 Å². The molecular formula is C20H23N3O3. The first-order chi connectivity index (χ1) is 12.5. The maximum absolute atomic E-state index is 12.3. The number of nitro benzene ring substituents is 1. The molecule has 1 aliphatic heterocycles. The zero-order chi connectivity index (χ0) is 18.5. The summed E-state index contributed by atoms with van der Waals surface area (Å²) in [5.41, 5.74) is 3.08. The summed E-state index contributed by atoms with van der Waals surface area (Å²) in [7, 11) is 0. The van der Waals surface area contributed by atoms with Crippen molar-refractivity contribution < 1.29 is 9.72 Å². The van der Waals surface area contributed by atoms with E-state index in [0.29, 0.717) is 17.7 Å². The molecule has 0 spiro atoms. The van der Waals surface area contributed by atoms with Crippen LogP contribution < -0.4 is 5.32 Å². The Hall–Kier alpha value is -2.73. The number of likely N-dealkylation sites (tertiary alicyclic amines) is 1. The van der Waals surface area contributed by atoms with Gasteiger partial charge in [0.1, 0.15) is 0 Å². The third-order valence-corrected chi connectivity index (χ3v) is 4.75. The van der Waals surface area contributed by atoms with Crippen molar-refractivity contribution in [1.82, 2.24) is 10.2 Å². The van der Waals surface area contributed by atoms with E-state index in [1.807, 2.05) is 12.1 Å². The highest BCUT2D eigenvalue weighted by Crippen LogP contribution is 2.19. The molecule has 0 radical (unpaired) electrons. The smallest absolute Gasteiger partial charge is 0.273 e. The number of carbonyl (C=O) groups is 1. The molecule has 0 bridgehead atoms. The number of amides is 1. The molecule has 1 aliphatic rings. The highest BCUT2D eigenvalue weighted by atomic mass is 16.6. The summed E-state index contributed by atoms with van der Waals surface area (Å²) in [6.45, 7) is 5.36. The molecule has 0 saturated carbocycles. The van der Waals surface area contributed by atoms with Crippen molar-refractivity contribution in [3.63, 3.8) is 0 Å². The van der Waals surface area contributed by atoms with Crippen molar-refractivity contribution in [3.05, 3.63) is 74.8 Å². The van der Waals surface area contributed by atoms with Crippen molar-refractivity contribution in [2.45, 2.75) is 32.9 Å². The van der Waals surface area contributed by atoms with E-state index in [2.05, 4.69) is 22.3 Å². The second kappa shape index (κ2) is 8.10. The largest absolute Gasteiger partial charge is 0.348 e. The van der Waals surface area contributed by atoms with E-state index >= 15 is 0 Å². The van der Waals surface area contributed by atoms with Crippen LogP contribution in [0.4, 0.5) is 5.69 Å². The van der Waals surface area contributed by atoms with Crippen LogP contribution in [-0.4, -0.2) is 28.8 Å². The molecule has 26 heavy (non-hydrogen) atoms. The number of rotatable bonds is 6. The standard InChI is InChI=1S/C20H23N3O3/c1-15-4-9-18(12-19(15)23(25)26)20(24)21-13-16-5-7-17(8-6-16)14-22-10-2-3-11-22/h4-9,12H,2-3,10-11,13-14H2,1H3,(H,21,24). The van der Waals surface area contributed by atoms with Crippen molar-refractivity contribution in [2.24, 2.45) is 0 Å². The number of aryl methyl sites for hydroxylation is 1. The molecule has 2 aromatic carbocycles. The second-order valence-corrected chi connectivity index (χ2v) is 6.74. The zero-order valence-electron chi connectivity index (χ0n) is 14.9. The Morgan fingerprint density at radius 3 is 2.42 bits per heavy atom. The number of nitrogens with zero attached hydrogens (tertiary/aromatic N) is 2. The molecule has 6 nitrogen and oxygen atoms in total. The van der Waals surface area contributed by atoms with Crippen LogP contribution in [0.15, 0.2) is 42.5 Å². The van der Waals surface area contributed by atoms with Gasteiger partial charge in [-0.25, -0.2) is 0 Å². The fourth-order valence-corrected chi connectivity index (χ4v) is 3.19. The van der Waals surface area contributed by atoms with Crippen LogP contribution in [0, 0.1) is 17.0 Å². The Kier molecular flexibility index (Phi) is 5.63. The summed E-state index contributed by atoms with van der Waals surface area (Å²) in [6.07, 6.45) is 2.56. The summed E-state index contributed by atoms with van der Waals surface area (Å²) < 4.78 is 0. The average Bonchev–Trinajstić information content (AvgIpc) is 3.14. The van der Waals surface area contributed by atoms with Gasteiger partial charge in [-0.05, 0) is 50.0 Å². The predicted octanol–water partition coefficient (Wildman–Crippen LogP) is 3.43. The van der Waals surface area contributed by atoms with Crippen LogP contribution >= 0.6 is 0 Å². The Labute approximate surface area is 153 Å². The molecule has 3 rings (SSSR count). The third kappa shape index (κ3) is 4.46. The molecule has 0 atom stereocenters. The monoisotopic (exact) mass is 353 g/mol. The Morgan fingerprint density at radius 2 is 1.77 bits per heavy atom. The molecule has 0 unspecified atom stereocenters. The molecule has 1 N–H and O–H groups in total. The molecule has 1 saturated heterocycles. The van der Waals surface area contributed by atoms with Crippen LogP contribution in [0.5, 0.6) is 0 Å². The Balaban J connectivity index is 1.57. The van der Waals surface area contributed by atoms with Gasteiger partial charge in [-0.3, -0.25) is 19.8 Å². The number of carbonyl (C=O) groups excluding carboxylic acids is 1. The molecule has 0 aliphatic carbocycles. The highest BCUT2D eigenvalue weighted by Gasteiger charge is 2.15. The SMILES string of the molecule is Cc1ccc(C(=O)NCc2ccc(CN3CCCC3)cc2)cc1[N+](=O)[O-]. The van der Waals surface area contributed by atoms with Crippen molar-refractivity contribution in [3.8, 4) is 0 Å². The van der Waals surface area contributed by atoms with Gasteiger partial charge in [0.2, 0.25) is 0 Å². The lowest BCUT2D eigenvalue weighted by atomic mass is 10.1. The lowest BCUT2D eigenvalue weighted by Crippen LogP contribution is -2.23. The normalized spacial score (nSPS) is 14.3. The van der Waals surface area contributed by atoms with Gasteiger partial charge in [0, 0.05) is 30.3 Å². The van der Waals surface area contributed by atoms with Crippen LogP contribution in [0.2, 0.25) is 0 Å². The van der Waals surface area contributed by atoms with Gasteiger partial charge in [-0.15, -0.1) is 0 Å². The molecule has 1 heterocycles. The lowest BCUT2D eigenvalue weighted by Gasteiger charge is -2.14. The summed E-state index contributed by atoms with van der Waals surface area (Å²) in [6, 6.07) is 12.8. The minimum absolute atomic E-state index is 0.0380. The number of hydrogen-bond acceptors (Lipinski definition) is 4. The molecular weight excluding hydrogens is 330 g/mol.